The highest BCUT2D eigenvalue weighted by Crippen LogP contribution is 2.40. The number of carbonyl (C=O) groups is 1. The van der Waals surface area contributed by atoms with E-state index in [9.17, 15) is 4.79 Å². The third kappa shape index (κ3) is 4.86. The minimum absolute atomic E-state index is 0.0784. The second-order valence-corrected chi connectivity index (χ2v) is 7.05. The van der Waals surface area contributed by atoms with Crippen LogP contribution in [0, 0.1) is 22.8 Å². The first-order valence-electron chi connectivity index (χ1n) is 9.58. The SMILES string of the molecule is N#CCCC1(CCC#[N+]CCN2CCOCC2)COc2ccccc2C1=O. The van der Waals surface area contributed by atoms with Gasteiger partial charge in [-0.25, -0.2) is 0 Å². The van der Waals surface area contributed by atoms with Crippen LogP contribution in [0.1, 0.15) is 36.0 Å². The van der Waals surface area contributed by atoms with Gasteiger partial charge in [-0.05, 0) is 25.0 Å². The summed E-state index contributed by atoms with van der Waals surface area (Å²) in [4.78, 5) is 19.8. The minimum atomic E-state index is -0.656. The smallest absolute Gasteiger partial charge is 0.276 e. The summed E-state index contributed by atoms with van der Waals surface area (Å²) in [7, 11) is 0. The number of ketones is 1. The summed E-state index contributed by atoms with van der Waals surface area (Å²) >= 11 is 0. The minimum Gasteiger partial charge on any atom is -0.492 e. The summed E-state index contributed by atoms with van der Waals surface area (Å²) in [5, 5.41) is 9.01. The molecule has 1 aromatic carbocycles. The van der Waals surface area contributed by atoms with Crippen LogP contribution in [0.5, 0.6) is 5.75 Å². The van der Waals surface area contributed by atoms with Gasteiger partial charge in [0.25, 0.3) is 12.6 Å². The molecule has 2 aliphatic heterocycles. The monoisotopic (exact) mass is 368 g/mol. The first kappa shape index (κ1) is 19.4. The number of carbonyl (C=O) groups excluding carboxylic acids is 1. The van der Waals surface area contributed by atoms with Crippen molar-refractivity contribution in [2.75, 3.05) is 46.0 Å². The molecule has 2 aliphatic rings. The van der Waals surface area contributed by atoms with Crippen LogP contribution in [-0.4, -0.2) is 56.7 Å². The Morgan fingerprint density at radius 2 is 1.96 bits per heavy atom. The van der Waals surface area contributed by atoms with Crippen molar-refractivity contribution < 1.29 is 14.3 Å². The molecule has 6 nitrogen and oxygen atoms in total. The lowest BCUT2D eigenvalue weighted by molar-refractivity contribution is 0.0402. The van der Waals surface area contributed by atoms with E-state index < -0.39 is 5.41 Å². The van der Waals surface area contributed by atoms with E-state index in [4.69, 9.17) is 14.7 Å². The average Bonchev–Trinajstić information content (AvgIpc) is 2.72. The molecule has 6 heteroatoms. The fraction of sp³-hybridized carbons (Fsp3) is 0.571. The number of benzene rings is 1. The van der Waals surface area contributed by atoms with E-state index in [0.29, 0.717) is 50.1 Å². The molecule has 27 heavy (non-hydrogen) atoms. The zero-order chi connectivity index (χ0) is 19.0. The zero-order valence-corrected chi connectivity index (χ0v) is 15.7. The number of rotatable bonds is 6. The largest absolute Gasteiger partial charge is 0.492 e. The van der Waals surface area contributed by atoms with Crippen molar-refractivity contribution in [3.63, 3.8) is 0 Å². The quantitative estimate of drug-likeness (QED) is 0.772. The number of para-hydroxylation sites is 1. The number of Topliss-reactive ketones (excluding diaryl/α,β-unsaturated/α-hetero) is 1. The van der Waals surface area contributed by atoms with Crippen LogP contribution < -0.4 is 4.74 Å². The third-order valence-corrected chi connectivity index (χ3v) is 5.29. The molecule has 1 atom stereocenters. The highest BCUT2D eigenvalue weighted by atomic mass is 16.5. The van der Waals surface area contributed by atoms with Gasteiger partial charge in [-0.15, -0.1) is 0 Å². The Morgan fingerprint density at radius 3 is 2.78 bits per heavy atom. The molecular weight excluding hydrogens is 342 g/mol. The lowest BCUT2D eigenvalue weighted by Gasteiger charge is -2.35. The van der Waals surface area contributed by atoms with Gasteiger partial charge in [0, 0.05) is 19.5 Å². The van der Waals surface area contributed by atoms with Crippen molar-refractivity contribution in [2.24, 2.45) is 5.41 Å². The first-order chi connectivity index (χ1) is 13.2. The third-order valence-electron chi connectivity index (χ3n) is 5.29. The predicted molar refractivity (Wildman–Crippen MR) is 102 cm³/mol. The molecule has 0 radical (unpaired) electrons. The van der Waals surface area contributed by atoms with Crippen molar-refractivity contribution in [3.8, 4) is 17.9 Å². The summed E-state index contributed by atoms with van der Waals surface area (Å²) in [6.45, 7) is 5.43. The molecule has 0 saturated carbocycles. The molecule has 0 bridgehead atoms. The number of fused-ring (bicyclic) bond motifs is 1. The van der Waals surface area contributed by atoms with Crippen LogP contribution in [0.2, 0.25) is 0 Å². The van der Waals surface area contributed by atoms with Crippen molar-refractivity contribution in [2.45, 2.75) is 25.7 Å². The standard InChI is InChI=1S/C21H26N3O3/c22-9-3-7-21(17-27-19-6-2-1-5-18(19)20(21)25)8-4-10-23-11-12-24-13-15-26-16-14-24/h1-2,5-6H,3-4,7-8,11-17H2/q+1. The number of ether oxygens (including phenoxy) is 2. The number of nitriles is 1. The number of hydrogen-bond acceptors (Lipinski definition) is 5. The van der Waals surface area contributed by atoms with Crippen molar-refractivity contribution in [3.05, 3.63) is 34.7 Å². The molecule has 0 spiro atoms. The molecular formula is C21H26N3O3+. The Labute approximate surface area is 160 Å². The van der Waals surface area contributed by atoms with Gasteiger partial charge in [0.15, 0.2) is 5.78 Å². The molecule has 3 rings (SSSR count). The Balaban J connectivity index is 1.57. The Bertz CT molecular complexity index is 756. The number of hydrogen-bond donors (Lipinski definition) is 0. The molecule has 1 unspecified atom stereocenters. The molecule has 0 amide bonds. The van der Waals surface area contributed by atoms with Gasteiger partial charge in [-0.2, -0.15) is 5.26 Å². The number of nitrogens with zero attached hydrogens (tertiary/aromatic N) is 3. The molecule has 1 fully saturated rings. The molecule has 142 valence electrons. The molecule has 1 aromatic rings. The average molecular weight is 368 g/mol. The Morgan fingerprint density at radius 1 is 1.19 bits per heavy atom. The second-order valence-electron chi connectivity index (χ2n) is 7.05. The van der Waals surface area contributed by atoms with E-state index in [0.717, 1.165) is 32.8 Å². The first-order valence-corrected chi connectivity index (χ1v) is 9.58. The fourth-order valence-corrected chi connectivity index (χ4v) is 3.61. The van der Waals surface area contributed by atoms with E-state index in [1.165, 1.54) is 0 Å². The maximum atomic E-state index is 13.1. The number of morpholine rings is 1. The van der Waals surface area contributed by atoms with E-state index >= 15 is 0 Å². The summed E-state index contributed by atoms with van der Waals surface area (Å²) in [6.07, 6.45) is 2.03. The van der Waals surface area contributed by atoms with Crippen molar-refractivity contribution in [1.29, 1.82) is 5.26 Å². The molecule has 0 N–H and O–H groups in total. The highest BCUT2D eigenvalue weighted by molar-refractivity contribution is 6.03. The van der Waals surface area contributed by atoms with Crippen molar-refractivity contribution in [1.82, 2.24) is 4.90 Å². The van der Waals surface area contributed by atoms with Crippen LogP contribution in [-0.2, 0) is 4.74 Å². The van der Waals surface area contributed by atoms with Gasteiger partial charge in [0.05, 0.1) is 43.2 Å². The molecule has 0 aliphatic carbocycles. The fourth-order valence-electron chi connectivity index (χ4n) is 3.61. The maximum Gasteiger partial charge on any atom is 0.276 e. The van der Waals surface area contributed by atoms with Gasteiger partial charge in [0.2, 0.25) is 0 Å². The summed E-state index contributed by atoms with van der Waals surface area (Å²) in [5.41, 5.74) is -0.0393. The molecule has 2 heterocycles. The van der Waals surface area contributed by atoms with Gasteiger partial charge in [0.1, 0.15) is 12.4 Å². The Hall–Kier alpha value is -2.41. The zero-order valence-electron chi connectivity index (χ0n) is 15.7. The van der Waals surface area contributed by atoms with Crippen LogP contribution in [0.4, 0.5) is 0 Å². The lowest BCUT2D eigenvalue weighted by Crippen LogP contribution is -2.41. The Kier molecular flexibility index (Phi) is 6.81. The normalized spacial score (nSPS) is 22.1. The summed E-state index contributed by atoms with van der Waals surface area (Å²) < 4.78 is 11.2. The predicted octanol–water partition coefficient (Wildman–Crippen LogP) is 3.00. The molecule has 0 aromatic heterocycles. The topological polar surface area (TPSA) is 66.9 Å². The lowest BCUT2D eigenvalue weighted by atomic mass is 9.72. The summed E-state index contributed by atoms with van der Waals surface area (Å²) in [5.74, 6) is 0.716. The van der Waals surface area contributed by atoms with Crippen LogP contribution >= 0.6 is 0 Å². The van der Waals surface area contributed by atoms with Gasteiger partial charge >= 0.3 is 0 Å². The van der Waals surface area contributed by atoms with Crippen molar-refractivity contribution >= 4 is 5.78 Å². The van der Waals surface area contributed by atoms with Crippen LogP contribution in [0.15, 0.2) is 24.3 Å². The van der Waals surface area contributed by atoms with Gasteiger partial charge in [-0.3, -0.25) is 9.69 Å². The highest BCUT2D eigenvalue weighted by Gasteiger charge is 2.43. The maximum absolute atomic E-state index is 13.1. The molecule has 1 saturated heterocycles. The van der Waals surface area contributed by atoms with Crippen LogP contribution in [0.3, 0.4) is 0 Å². The van der Waals surface area contributed by atoms with Gasteiger partial charge < -0.3 is 9.47 Å². The second kappa shape index (κ2) is 9.50. The van der Waals surface area contributed by atoms with E-state index in [1.807, 2.05) is 18.2 Å². The van der Waals surface area contributed by atoms with E-state index in [2.05, 4.69) is 21.9 Å². The van der Waals surface area contributed by atoms with Gasteiger partial charge in [-0.1, -0.05) is 17.0 Å². The summed E-state index contributed by atoms with van der Waals surface area (Å²) in [6, 6.07) is 12.6. The van der Waals surface area contributed by atoms with E-state index in [1.54, 1.807) is 6.07 Å². The van der Waals surface area contributed by atoms with Crippen LogP contribution in [0.25, 0.3) is 4.85 Å². The van der Waals surface area contributed by atoms with E-state index in [-0.39, 0.29) is 5.78 Å².